The molecule has 2 aliphatic rings. The number of piperazine rings is 1. The molecule has 8 nitrogen and oxygen atoms in total. The van der Waals surface area contributed by atoms with Crippen molar-refractivity contribution in [1.82, 2.24) is 9.80 Å². The average Bonchev–Trinajstić information content (AvgIpc) is 2.97. The van der Waals surface area contributed by atoms with Gasteiger partial charge in [0.05, 0.1) is 11.0 Å². The quantitative estimate of drug-likeness (QED) is 0.171. The number of nitro groups is 1. The van der Waals surface area contributed by atoms with Crippen LogP contribution in [0.3, 0.4) is 0 Å². The van der Waals surface area contributed by atoms with E-state index in [9.17, 15) is 32.5 Å². The van der Waals surface area contributed by atoms with Crippen molar-refractivity contribution in [2.24, 2.45) is 0 Å². The Bertz CT molecular complexity index is 1500. The van der Waals surface area contributed by atoms with Crippen LogP contribution in [0.4, 0.5) is 28.9 Å². The Morgan fingerprint density at radius 1 is 0.977 bits per heavy atom. The number of alkyl halides is 3. The molecule has 1 saturated carbocycles. The third kappa shape index (κ3) is 7.47. The fraction of sp³-hybridized carbons (Fsp3) is 0.469. The second-order valence-electron chi connectivity index (χ2n) is 11.9. The standard InChI is InChI=1S/C32H36F4N4O4/c1-20-16-38(17-21(2)39(20)18-22-3-4-24-14-25(33)6-5-23(24)13-22)31(41)19-44-28-10-7-26(8-11-28)37-27-9-12-30(40(42)43)29(15-27)32(34,35)36/h3-6,9,12-15,20-21,26,28,37H,7-8,10-11,16-19H2,1-2H3/t20-,21+,26?,28?. The number of hydrogen-bond acceptors (Lipinski definition) is 6. The Morgan fingerprint density at radius 2 is 1.64 bits per heavy atom. The number of ether oxygens (including phenoxy) is 1. The van der Waals surface area contributed by atoms with Gasteiger partial charge in [-0.05, 0) is 86.2 Å². The molecule has 0 aromatic heterocycles. The van der Waals surface area contributed by atoms with Gasteiger partial charge in [0.2, 0.25) is 5.91 Å². The van der Waals surface area contributed by atoms with E-state index in [4.69, 9.17) is 4.74 Å². The lowest BCUT2D eigenvalue weighted by Gasteiger charge is -2.44. The summed E-state index contributed by atoms with van der Waals surface area (Å²) in [7, 11) is 0. The minimum Gasteiger partial charge on any atom is -0.382 e. The average molecular weight is 617 g/mol. The molecule has 3 aromatic rings. The Balaban J connectivity index is 1.08. The molecule has 2 atom stereocenters. The number of nitro benzene ring substituents is 1. The Labute approximate surface area is 253 Å². The number of fused-ring (bicyclic) bond motifs is 1. The van der Waals surface area contributed by atoms with E-state index in [0.29, 0.717) is 38.8 Å². The van der Waals surface area contributed by atoms with Gasteiger partial charge < -0.3 is 15.0 Å². The molecule has 0 bridgehead atoms. The number of halogens is 4. The number of nitrogens with zero attached hydrogens (tertiary/aromatic N) is 3. The van der Waals surface area contributed by atoms with Gasteiger partial charge in [-0.25, -0.2) is 4.39 Å². The zero-order valence-corrected chi connectivity index (χ0v) is 24.6. The Kier molecular flexibility index (Phi) is 9.40. The molecule has 0 unspecified atom stereocenters. The summed E-state index contributed by atoms with van der Waals surface area (Å²) in [6, 6.07) is 13.9. The maximum absolute atomic E-state index is 13.5. The fourth-order valence-electron chi connectivity index (χ4n) is 6.35. The maximum Gasteiger partial charge on any atom is 0.423 e. The molecule has 44 heavy (non-hydrogen) atoms. The van der Waals surface area contributed by atoms with E-state index in [0.717, 1.165) is 35.0 Å². The van der Waals surface area contributed by atoms with Crippen LogP contribution in [0.1, 0.15) is 50.7 Å². The van der Waals surface area contributed by atoms with Crippen molar-refractivity contribution in [3.8, 4) is 0 Å². The second kappa shape index (κ2) is 13.1. The highest BCUT2D eigenvalue weighted by Crippen LogP contribution is 2.38. The molecule has 1 heterocycles. The predicted octanol–water partition coefficient (Wildman–Crippen LogP) is 6.77. The molecule has 236 valence electrons. The Hall–Kier alpha value is -3.77. The van der Waals surface area contributed by atoms with Gasteiger partial charge >= 0.3 is 6.18 Å². The van der Waals surface area contributed by atoms with Gasteiger partial charge in [0.15, 0.2) is 0 Å². The summed E-state index contributed by atoms with van der Waals surface area (Å²) in [5, 5.41) is 15.9. The predicted molar refractivity (Wildman–Crippen MR) is 159 cm³/mol. The summed E-state index contributed by atoms with van der Waals surface area (Å²) >= 11 is 0. The van der Waals surface area contributed by atoms with Crippen molar-refractivity contribution in [1.29, 1.82) is 0 Å². The van der Waals surface area contributed by atoms with Crippen molar-refractivity contribution in [3.63, 3.8) is 0 Å². The number of anilines is 1. The molecular weight excluding hydrogens is 580 g/mol. The third-order valence-corrected chi connectivity index (χ3v) is 8.67. The summed E-state index contributed by atoms with van der Waals surface area (Å²) in [4.78, 5) is 27.2. The molecule has 0 spiro atoms. The molecule has 1 aliphatic carbocycles. The van der Waals surface area contributed by atoms with E-state index in [1.54, 1.807) is 6.07 Å². The SMILES string of the molecule is C[C@@H]1CN(C(=O)COC2CCC(Nc3ccc([N+](=O)[O-])c(C(F)(F)F)c3)CC2)C[C@H](C)N1Cc1ccc2cc(F)ccc2c1. The highest BCUT2D eigenvalue weighted by molar-refractivity contribution is 5.83. The molecule has 1 N–H and O–H groups in total. The first kappa shape index (κ1) is 31.6. The number of amides is 1. The van der Waals surface area contributed by atoms with Crippen LogP contribution in [0.25, 0.3) is 10.8 Å². The van der Waals surface area contributed by atoms with E-state index in [2.05, 4.69) is 30.1 Å². The second-order valence-corrected chi connectivity index (χ2v) is 11.9. The van der Waals surface area contributed by atoms with Crippen LogP contribution in [0.5, 0.6) is 0 Å². The van der Waals surface area contributed by atoms with Gasteiger partial charge in [0.1, 0.15) is 18.0 Å². The molecule has 1 amide bonds. The van der Waals surface area contributed by atoms with Crippen molar-refractivity contribution in [2.75, 3.05) is 25.0 Å². The van der Waals surface area contributed by atoms with Gasteiger partial charge in [0.25, 0.3) is 5.69 Å². The molecule has 2 fully saturated rings. The van der Waals surface area contributed by atoms with Crippen molar-refractivity contribution < 1.29 is 32.0 Å². The van der Waals surface area contributed by atoms with Gasteiger partial charge in [-0.15, -0.1) is 0 Å². The Morgan fingerprint density at radius 3 is 2.30 bits per heavy atom. The van der Waals surface area contributed by atoms with Crippen molar-refractivity contribution in [3.05, 3.63) is 81.7 Å². The van der Waals surface area contributed by atoms with Crippen LogP contribution in [-0.4, -0.2) is 64.6 Å². The first-order chi connectivity index (χ1) is 20.9. The van der Waals surface area contributed by atoms with Crippen LogP contribution >= 0.6 is 0 Å². The zero-order chi connectivity index (χ0) is 31.6. The molecule has 1 saturated heterocycles. The summed E-state index contributed by atoms with van der Waals surface area (Å²) < 4.78 is 59.5. The number of benzene rings is 3. The van der Waals surface area contributed by atoms with Crippen molar-refractivity contribution >= 4 is 28.1 Å². The topological polar surface area (TPSA) is 87.9 Å². The van der Waals surface area contributed by atoms with Crippen LogP contribution in [0.2, 0.25) is 0 Å². The molecule has 12 heteroatoms. The number of carbonyl (C=O) groups excluding carboxylic acids is 1. The summed E-state index contributed by atoms with van der Waals surface area (Å²) in [6.07, 6.45) is -2.41. The molecular formula is C32H36F4N4O4. The van der Waals surface area contributed by atoms with Gasteiger partial charge in [-0.3, -0.25) is 19.8 Å². The van der Waals surface area contributed by atoms with E-state index >= 15 is 0 Å². The molecule has 1 aliphatic heterocycles. The maximum atomic E-state index is 13.5. The number of carbonyl (C=O) groups is 1. The van der Waals surface area contributed by atoms with Crippen LogP contribution in [0, 0.1) is 15.9 Å². The monoisotopic (exact) mass is 616 g/mol. The van der Waals surface area contributed by atoms with Gasteiger partial charge in [-0.1, -0.05) is 18.2 Å². The summed E-state index contributed by atoms with van der Waals surface area (Å²) in [5.41, 5.74) is -0.941. The first-order valence-electron chi connectivity index (χ1n) is 14.8. The third-order valence-electron chi connectivity index (χ3n) is 8.67. The zero-order valence-electron chi connectivity index (χ0n) is 24.6. The lowest BCUT2D eigenvalue weighted by atomic mass is 9.92. The highest BCUT2D eigenvalue weighted by Gasteiger charge is 2.39. The summed E-state index contributed by atoms with van der Waals surface area (Å²) in [6.45, 7) is 6.06. The van der Waals surface area contributed by atoms with Crippen LogP contribution in [-0.2, 0) is 22.3 Å². The van der Waals surface area contributed by atoms with Gasteiger partial charge in [0, 0.05) is 49.5 Å². The minimum atomic E-state index is -4.83. The number of nitrogens with one attached hydrogen (secondary N) is 1. The van der Waals surface area contributed by atoms with E-state index < -0.39 is 22.4 Å². The summed E-state index contributed by atoms with van der Waals surface area (Å²) in [5.74, 6) is -0.325. The number of rotatable bonds is 8. The van der Waals surface area contributed by atoms with Crippen LogP contribution < -0.4 is 5.32 Å². The minimum absolute atomic E-state index is 0.0271. The van der Waals surface area contributed by atoms with Crippen molar-refractivity contribution in [2.45, 2.75) is 76.5 Å². The molecule has 3 aromatic carbocycles. The van der Waals surface area contributed by atoms with Gasteiger partial charge in [-0.2, -0.15) is 13.2 Å². The normalized spacial score (nSPS) is 23.1. The first-order valence-corrected chi connectivity index (χ1v) is 14.8. The molecule has 0 radical (unpaired) electrons. The number of hydrogen-bond donors (Lipinski definition) is 1. The molecule has 5 rings (SSSR count). The van der Waals surface area contributed by atoms with E-state index in [1.165, 1.54) is 18.2 Å². The lowest BCUT2D eigenvalue weighted by Crippen LogP contribution is -2.58. The largest absolute Gasteiger partial charge is 0.423 e. The van der Waals surface area contributed by atoms with E-state index in [1.807, 2.05) is 17.0 Å². The van der Waals surface area contributed by atoms with Crippen LogP contribution in [0.15, 0.2) is 54.6 Å². The smallest absolute Gasteiger partial charge is 0.382 e. The lowest BCUT2D eigenvalue weighted by molar-refractivity contribution is -0.388. The fourth-order valence-corrected chi connectivity index (χ4v) is 6.35. The van der Waals surface area contributed by atoms with E-state index in [-0.39, 0.29) is 48.2 Å². The highest BCUT2D eigenvalue weighted by atomic mass is 19.4.